The van der Waals surface area contributed by atoms with Crippen molar-refractivity contribution in [1.82, 2.24) is 15.3 Å². The Hall–Kier alpha value is -2.27. The summed E-state index contributed by atoms with van der Waals surface area (Å²) in [5.74, 6) is 0.341. The average molecular weight is 310 g/mol. The van der Waals surface area contributed by atoms with Gasteiger partial charge in [0.25, 0.3) is 5.91 Å². The van der Waals surface area contributed by atoms with Crippen LogP contribution in [0.1, 0.15) is 47.4 Å². The van der Waals surface area contributed by atoms with Crippen molar-refractivity contribution in [3.8, 4) is 0 Å². The molecule has 5 heteroatoms. The number of carbonyl (C=O) groups is 1. The number of amides is 1. The summed E-state index contributed by atoms with van der Waals surface area (Å²) in [5.41, 5.74) is 3.32. The number of hydrogen-bond donors (Lipinski definition) is 2. The van der Waals surface area contributed by atoms with Gasteiger partial charge in [0.05, 0.1) is 11.9 Å². The van der Waals surface area contributed by atoms with Crippen molar-refractivity contribution >= 4 is 11.6 Å². The van der Waals surface area contributed by atoms with Gasteiger partial charge in [0.15, 0.2) is 0 Å². The molecule has 1 fully saturated rings. The van der Waals surface area contributed by atoms with Gasteiger partial charge < -0.3 is 10.6 Å². The van der Waals surface area contributed by atoms with Crippen LogP contribution < -0.4 is 10.6 Å². The molecule has 3 rings (SSSR count). The average Bonchev–Trinajstić information content (AvgIpc) is 2.63. The normalized spacial score (nSPS) is 17.7. The predicted molar refractivity (Wildman–Crippen MR) is 90.6 cm³/mol. The lowest BCUT2D eigenvalue weighted by molar-refractivity contribution is 0.102. The van der Waals surface area contributed by atoms with Gasteiger partial charge in [-0.3, -0.25) is 9.78 Å². The number of hydrogen-bond acceptors (Lipinski definition) is 4. The van der Waals surface area contributed by atoms with E-state index in [2.05, 4.69) is 32.7 Å². The number of piperidine rings is 1. The number of aromatic nitrogens is 2. The van der Waals surface area contributed by atoms with Crippen LogP contribution in [0.3, 0.4) is 0 Å². The number of aryl methyl sites for hydroxylation is 1. The molecule has 1 saturated heterocycles. The number of nitrogens with zero attached hydrogens (tertiary/aromatic N) is 2. The van der Waals surface area contributed by atoms with Crippen molar-refractivity contribution in [2.24, 2.45) is 0 Å². The Morgan fingerprint density at radius 2 is 2.09 bits per heavy atom. The van der Waals surface area contributed by atoms with E-state index in [0.29, 0.717) is 11.6 Å². The van der Waals surface area contributed by atoms with E-state index in [0.717, 1.165) is 30.9 Å². The summed E-state index contributed by atoms with van der Waals surface area (Å²) in [6.07, 6.45) is 6.42. The van der Waals surface area contributed by atoms with Crippen LogP contribution in [-0.4, -0.2) is 29.0 Å². The van der Waals surface area contributed by atoms with E-state index >= 15 is 0 Å². The van der Waals surface area contributed by atoms with Crippen molar-refractivity contribution in [2.45, 2.75) is 32.1 Å². The summed E-state index contributed by atoms with van der Waals surface area (Å²) >= 11 is 0. The quantitative estimate of drug-likeness (QED) is 0.911. The highest BCUT2D eigenvalue weighted by Crippen LogP contribution is 2.24. The molecule has 23 heavy (non-hydrogen) atoms. The van der Waals surface area contributed by atoms with E-state index in [4.69, 9.17) is 0 Å². The van der Waals surface area contributed by atoms with Crippen LogP contribution in [0.15, 0.2) is 36.7 Å². The van der Waals surface area contributed by atoms with Crippen LogP contribution >= 0.6 is 0 Å². The second kappa shape index (κ2) is 7.33. The molecule has 0 aliphatic carbocycles. The molecule has 1 aliphatic heterocycles. The zero-order valence-electron chi connectivity index (χ0n) is 13.4. The van der Waals surface area contributed by atoms with E-state index in [1.807, 2.05) is 19.1 Å². The van der Waals surface area contributed by atoms with E-state index in [1.54, 1.807) is 6.20 Å². The first-order valence-electron chi connectivity index (χ1n) is 8.19. The number of rotatable bonds is 4. The fraction of sp³-hybridized carbons (Fsp3) is 0.389. The van der Waals surface area contributed by atoms with Gasteiger partial charge in [-0.05, 0) is 49.4 Å². The molecule has 1 aliphatic rings. The highest BCUT2D eigenvalue weighted by atomic mass is 16.1. The first-order valence-corrected chi connectivity index (χ1v) is 8.19. The minimum atomic E-state index is -0.229. The molecule has 0 radical (unpaired) electrons. The summed E-state index contributed by atoms with van der Waals surface area (Å²) in [5, 5.41) is 6.29. The van der Waals surface area contributed by atoms with Crippen LogP contribution in [0.5, 0.6) is 0 Å². The number of carbonyl (C=O) groups excluding carboxylic acids is 1. The van der Waals surface area contributed by atoms with E-state index in [1.165, 1.54) is 24.6 Å². The second-order valence-electron chi connectivity index (χ2n) is 5.87. The van der Waals surface area contributed by atoms with Gasteiger partial charge in [-0.15, -0.1) is 0 Å². The SMILES string of the molecule is CCc1cnc(C(=O)Nc2ccc(C3CCCNC3)cc2)cn1. The van der Waals surface area contributed by atoms with Gasteiger partial charge >= 0.3 is 0 Å². The Morgan fingerprint density at radius 3 is 2.70 bits per heavy atom. The molecule has 2 heterocycles. The van der Waals surface area contributed by atoms with Crippen LogP contribution in [-0.2, 0) is 6.42 Å². The van der Waals surface area contributed by atoms with Gasteiger partial charge in [-0.2, -0.15) is 0 Å². The molecule has 0 spiro atoms. The standard InChI is InChI=1S/C18H22N4O/c1-2-15-11-21-17(12-20-15)18(23)22-16-7-5-13(6-8-16)14-4-3-9-19-10-14/h5-8,11-12,14,19H,2-4,9-10H2,1H3,(H,22,23). The molecular weight excluding hydrogens is 288 g/mol. The molecule has 120 valence electrons. The zero-order valence-corrected chi connectivity index (χ0v) is 13.4. The maximum absolute atomic E-state index is 12.2. The third-order valence-electron chi connectivity index (χ3n) is 4.24. The van der Waals surface area contributed by atoms with Crippen molar-refractivity contribution in [1.29, 1.82) is 0 Å². The lowest BCUT2D eigenvalue weighted by Gasteiger charge is -2.23. The zero-order chi connectivity index (χ0) is 16.1. The molecule has 1 unspecified atom stereocenters. The Labute approximate surface area is 136 Å². The molecule has 2 N–H and O–H groups in total. The topological polar surface area (TPSA) is 66.9 Å². The molecule has 5 nitrogen and oxygen atoms in total. The first kappa shape index (κ1) is 15.6. The molecule has 1 aromatic heterocycles. The van der Waals surface area contributed by atoms with Crippen molar-refractivity contribution < 1.29 is 4.79 Å². The summed E-state index contributed by atoms with van der Waals surface area (Å²) in [6, 6.07) is 8.10. The van der Waals surface area contributed by atoms with E-state index < -0.39 is 0 Å². The number of benzene rings is 1. The minimum Gasteiger partial charge on any atom is -0.321 e. The largest absolute Gasteiger partial charge is 0.321 e. The third kappa shape index (κ3) is 3.93. The van der Waals surface area contributed by atoms with Gasteiger partial charge in [0.1, 0.15) is 5.69 Å². The predicted octanol–water partition coefficient (Wildman–Crippen LogP) is 2.76. The van der Waals surface area contributed by atoms with Crippen LogP contribution in [0.4, 0.5) is 5.69 Å². The Balaban J connectivity index is 1.63. The highest BCUT2D eigenvalue weighted by Gasteiger charge is 2.15. The lowest BCUT2D eigenvalue weighted by atomic mass is 9.92. The molecule has 2 aromatic rings. The monoisotopic (exact) mass is 310 g/mol. The molecular formula is C18H22N4O. The Bertz CT molecular complexity index is 646. The first-order chi connectivity index (χ1) is 11.3. The fourth-order valence-corrected chi connectivity index (χ4v) is 2.82. The molecule has 0 saturated carbocycles. The molecule has 1 atom stereocenters. The van der Waals surface area contributed by atoms with E-state index in [-0.39, 0.29) is 5.91 Å². The van der Waals surface area contributed by atoms with Gasteiger partial charge in [0, 0.05) is 18.4 Å². The van der Waals surface area contributed by atoms with Crippen LogP contribution in [0.25, 0.3) is 0 Å². The minimum absolute atomic E-state index is 0.229. The Kier molecular flexibility index (Phi) is 4.98. The molecule has 0 bridgehead atoms. The lowest BCUT2D eigenvalue weighted by Crippen LogP contribution is -2.28. The maximum Gasteiger partial charge on any atom is 0.275 e. The van der Waals surface area contributed by atoms with Crippen molar-refractivity contribution in [3.05, 3.63) is 53.6 Å². The number of anilines is 1. The van der Waals surface area contributed by atoms with E-state index in [9.17, 15) is 4.79 Å². The molecule has 1 amide bonds. The fourth-order valence-electron chi connectivity index (χ4n) is 2.82. The summed E-state index contributed by atoms with van der Waals surface area (Å²) in [7, 11) is 0. The summed E-state index contributed by atoms with van der Waals surface area (Å²) in [4.78, 5) is 20.5. The Morgan fingerprint density at radius 1 is 1.26 bits per heavy atom. The third-order valence-corrected chi connectivity index (χ3v) is 4.24. The van der Waals surface area contributed by atoms with Crippen molar-refractivity contribution in [2.75, 3.05) is 18.4 Å². The second-order valence-corrected chi connectivity index (χ2v) is 5.87. The highest BCUT2D eigenvalue weighted by molar-refractivity contribution is 6.02. The van der Waals surface area contributed by atoms with Crippen LogP contribution in [0, 0.1) is 0 Å². The van der Waals surface area contributed by atoms with Gasteiger partial charge in [0.2, 0.25) is 0 Å². The smallest absolute Gasteiger partial charge is 0.275 e. The summed E-state index contributed by atoms with van der Waals surface area (Å²) < 4.78 is 0. The van der Waals surface area contributed by atoms with Gasteiger partial charge in [-0.1, -0.05) is 19.1 Å². The van der Waals surface area contributed by atoms with Crippen molar-refractivity contribution in [3.63, 3.8) is 0 Å². The molecule has 1 aromatic carbocycles. The summed E-state index contributed by atoms with van der Waals surface area (Å²) in [6.45, 7) is 4.15. The van der Waals surface area contributed by atoms with Gasteiger partial charge in [-0.25, -0.2) is 4.98 Å². The maximum atomic E-state index is 12.2. The van der Waals surface area contributed by atoms with Crippen LogP contribution in [0.2, 0.25) is 0 Å². The number of nitrogens with one attached hydrogen (secondary N) is 2.